The van der Waals surface area contributed by atoms with Gasteiger partial charge in [-0.15, -0.1) is 5.10 Å². The third kappa shape index (κ3) is 2.70. The largest absolute Gasteiger partial charge is 0.396 e. The average molecular weight is 252 g/mol. The molecule has 2 heterocycles. The molecule has 0 aromatic carbocycles. The number of thiocarbonyl (C=S) groups is 1. The van der Waals surface area contributed by atoms with Crippen molar-refractivity contribution in [2.24, 2.45) is 11.7 Å². The first-order valence-electron chi connectivity index (χ1n) is 5.69. The highest BCUT2D eigenvalue weighted by Gasteiger charge is 2.22. The van der Waals surface area contributed by atoms with E-state index < -0.39 is 0 Å². The predicted octanol–water partition coefficient (Wildman–Crippen LogP) is 0.319. The van der Waals surface area contributed by atoms with Crippen molar-refractivity contribution in [3.05, 3.63) is 17.8 Å². The Balaban J connectivity index is 2.15. The topological polar surface area (TPSA) is 75.3 Å². The lowest BCUT2D eigenvalue weighted by atomic mass is 9.98. The molecular weight excluding hydrogens is 236 g/mol. The van der Waals surface area contributed by atoms with Crippen LogP contribution in [0, 0.1) is 5.92 Å². The fourth-order valence-electron chi connectivity index (χ4n) is 2.08. The molecule has 1 aromatic heterocycles. The Bertz CT molecular complexity index is 404. The van der Waals surface area contributed by atoms with Gasteiger partial charge >= 0.3 is 0 Å². The Kier molecular flexibility index (Phi) is 3.86. The monoisotopic (exact) mass is 252 g/mol. The van der Waals surface area contributed by atoms with Crippen LogP contribution in [0.2, 0.25) is 0 Å². The summed E-state index contributed by atoms with van der Waals surface area (Å²) >= 11 is 5.01. The van der Waals surface area contributed by atoms with Gasteiger partial charge in [-0.05, 0) is 24.8 Å². The number of aromatic nitrogens is 2. The van der Waals surface area contributed by atoms with E-state index in [1.807, 2.05) is 0 Å². The molecule has 0 radical (unpaired) electrons. The Morgan fingerprint density at radius 3 is 2.82 bits per heavy atom. The van der Waals surface area contributed by atoms with Crippen molar-refractivity contribution in [1.82, 2.24) is 10.2 Å². The third-order valence-corrected chi connectivity index (χ3v) is 3.36. The zero-order chi connectivity index (χ0) is 12.3. The van der Waals surface area contributed by atoms with Crippen LogP contribution in [0.3, 0.4) is 0 Å². The number of nitrogens with two attached hydrogens (primary N) is 1. The van der Waals surface area contributed by atoms with E-state index in [9.17, 15) is 0 Å². The molecule has 0 saturated carbocycles. The highest BCUT2D eigenvalue weighted by atomic mass is 32.1. The maximum atomic E-state index is 9.10. The molecule has 0 unspecified atom stereocenters. The fraction of sp³-hybridized carbons (Fsp3) is 0.545. The van der Waals surface area contributed by atoms with E-state index in [2.05, 4.69) is 15.1 Å². The highest BCUT2D eigenvalue weighted by Crippen LogP contribution is 2.23. The van der Waals surface area contributed by atoms with E-state index in [1.165, 1.54) is 0 Å². The van der Waals surface area contributed by atoms with Gasteiger partial charge in [0.2, 0.25) is 0 Å². The molecule has 0 amide bonds. The first-order chi connectivity index (χ1) is 8.22. The summed E-state index contributed by atoms with van der Waals surface area (Å²) in [6, 6.07) is 1.79. The van der Waals surface area contributed by atoms with Gasteiger partial charge in [0.15, 0.2) is 5.82 Å². The molecule has 0 aliphatic carbocycles. The lowest BCUT2D eigenvalue weighted by Crippen LogP contribution is -2.36. The molecule has 0 spiro atoms. The molecule has 6 heteroatoms. The smallest absolute Gasteiger partial charge is 0.161 e. The standard InChI is InChI=1S/C11H16N4OS/c12-10(17)9-1-4-13-14-11(9)15-5-2-8(7-16)3-6-15/h1,4,8,16H,2-3,5-7H2,(H2,12,17). The molecule has 17 heavy (non-hydrogen) atoms. The van der Waals surface area contributed by atoms with Crippen LogP contribution in [0.5, 0.6) is 0 Å². The van der Waals surface area contributed by atoms with Crippen LogP contribution < -0.4 is 10.6 Å². The fourth-order valence-corrected chi connectivity index (χ4v) is 2.24. The molecular formula is C11H16N4OS. The lowest BCUT2D eigenvalue weighted by molar-refractivity contribution is 0.202. The molecule has 92 valence electrons. The minimum absolute atomic E-state index is 0.260. The predicted molar refractivity (Wildman–Crippen MR) is 69.9 cm³/mol. The van der Waals surface area contributed by atoms with Crippen molar-refractivity contribution in [2.75, 3.05) is 24.6 Å². The zero-order valence-electron chi connectivity index (χ0n) is 9.54. The SMILES string of the molecule is NC(=S)c1ccnnc1N1CCC(CO)CC1. The summed E-state index contributed by atoms with van der Waals surface area (Å²) in [5.41, 5.74) is 6.45. The maximum absolute atomic E-state index is 9.10. The third-order valence-electron chi connectivity index (χ3n) is 3.14. The van der Waals surface area contributed by atoms with Crippen LogP contribution in [0.25, 0.3) is 0 Å². The van der Waals surface area contributed by atoms with Gasteiger partial charge in [-0.1, -0.05) is 12.2 Å². The van der Waals surface area contributed by atoms with Gasteiger partial charge in [-0.2, -0.15) is 5.10 Å². The van der Waals surface area contributed by atoms with Gasteiger partial charge < -0.3 is 15.7 Å². The van der Waals surface area contributed by atoms with Gasteiger partial charge in [0.05, 0.1) is 11.8 Å². The molecule has 0 bridgehead atoms. The summed E-state index contributed by atoms with van der Waals surface area (Å²) in [5.74, 6) is 1.16. The van der Waals surface area contributed by atoms with Crippen LogP contribution in [0.15, 0.2) is 12.3 Å². The quantitative estimate of drug-likeness (QED) is 0.755. The van der Waals surface area contributed by atoms with Crippen LogP contribution in [0.1, 0.15) is 18.4 Å². The maximum Gasteiger partial charge on any atom is 0.161 e. The van der Waals surface area contributed by atoms with Gasteiger partial charge in [0.25, 0.3) is 0 Å². The summed E-state index contributed by atoms with van der Waals surface area (Å²) < 4.78 is 0. The van der Waals surface area contributed by atoms with E-state index in [1.54, 1.807) is 12.3 Å². The Labute approximate surface area is 106 Å². The molecule has 1 fully saturated rings. The molecule has 1 aliphatic rings. The van der Waals surface area contributed by atoms with E-state index in [4.69, 9.17) is 23.1 Å². The molecule has 1 saturated heterocycles. The molecule has 5 nitrogen and oxygen atoms in total. The number of rotatable bonds is 3. The number of piperidine rings is 1. The van der Waals surface area contributed by atoms with Crippen LogP contribution in [-0.4, -0.2) is 40.0 Å². The van der Waals surface area contributed by atoms with E-state index in [-0.39, 0.29) is 6.61 Å². The number of hydrogen-bond acceptors (Lipinski definition) is 5. The van der Waals surface area contributed by atoms with Crippen molar-refractivity contribution in [1.29, 1.82) is 0 Å². The summed E-state index contributed by atoms with van der Waals surface area (Å²) in [5, 5.41) is 17.1. The Morgan fingerprint density at radius 1 is 1.53 bits per heavy atom. The second-order valence-electron chi connectivity index (χ2n) is 4.25. The van der Waals surface area contributed by atoms with Crippen molar-refractivity contribution < 1.29 is 5.11 Å². The molecule has 2 rings (SSSR count). The van der Waals surface area contributed by atoms with Crippen LogP contribution in [-0.2, 0) is 0 Å². The summed E-state index contributed by atoms with van der Waals surface area (Å²) in [6.45, 7) is 1.98. The molecule has 0 atom stereocenters. The average Bonchev–Trinajstić information content (AvgIpc) is 2.39. The van der Waals surface area contributed by atoms with Gasteiger partial charge in [0, 0.05) is 19.7 Å². The summed E-state index contributed by atoms with van der Waals surface area (Å²) in [6.07, 6.45) is 3.52. The van der Waals surface area contributed by atoms with E-state index in [0.29, 0.717) is 10.9 Å². The molecule has 1 aliphatic heterocycles. The highest BCUT2D eigenvalue weighted by molar-refractivity contribution is 7.80. The zero-order valence-corrected chi connectivity index (χ0v) is 10.4. The van der Waals surface area contributed by atoms with Crippen LogP contribution >= 0.6 is 12.2 Å². The normalized spacial score (nSPS) is 17.1. The number of nitrogens with zero attached hydrogens (tertiary/aromatic N) is 3. The Morgan fingerprint density at radius 2 is 2.24 bits per heavy atom. The molecule has 3 N–H and O–H groups in total. The first-order valence-corrected chi connectivity index (χ1v) is 6.10. The first kappa shape index (κ1) is 12.2. The van der Waals surface area contributed by atoms with Crippen molar-refractivity contribution in [3.8, 4) is 0 Å². The van der Waals surface area contributed by atoms with Crippen molar-refractivity contribution >= 4 is 23.0 Å². The van der Waals surface area contributed by atoms with Gasteiger partial charge in [0.1, 0.15) is 4.99 Å². The summed E-state index contributed by atoms with van der Waals surface area (Å²) in [7, 11) is 0. The Hall–Kier alpha value is -1.27. The lowest BCUT2D eigenvalue weighted by Gasteiger charge is -2.32. The second-order valence-corrected chi connectivity index (χ2v) is 4.69. The number of aliphatic hydroxyl groups excluding tert-OH is 1. The number of anilines is 1. The van der Waals surface area contributed by atoms with Gasteiger partial charge in [-0.3, -0.25) is 0 Å². The number of hydrogen-bond donors (Lipinski definition) is 2. The van der Waals surface area contributed by atoms with Crippen molar-refractivity contribution in [3.63, 3.8) is 0 Å². The minimum atomic E-state index is 0.260. The van der Waals surface area contributed by atoms with E-state index >= 15 is 0 Å². The minimum Gasteiger partial charge on any atom is -0.396 e. The number of aliphatic hydroxyl groups is 1. The second kappa shape index (κ2) is 5.37. The van der Waals surface area contributed by atoms with Crippen molar-refractivity contribution in [2.45, 2.75) is 12.8 Å². The van der Waals surface area contributed by atoms with Gasteiger partial charge in [-0.25, -0.2) is 0 Å². The summed E-state index contributed by atoms with van der Waals surface area (Å²) in [4.78, 5) is 2.48. The molecule has 1 aromatic rings. The van der Waals surface area contributed by atoms with Crippen LogP contribution in [0.4, 0.5) is 5.82 Å². The van der Waals surface area contributed by atoms with E-state index in [0.717, 1.165) is 37.3 Å².